The summed E-state index contributed by atoms with van der Waals surface area (Å²) in [6, 6.07) is 13.9. The van der Waals surface area contributed by atoms with E-state index in [9.17, 15) is 5.11 Å². The van der Waals surface area contributed by atoms with Crippen LogP contribution < -0.4 is 4.74 Å². The minimum Gasteiger partial charge on any atom is -0.493 e. The summed E-state index contributed by atoms with van der Waals surface area (Å²) in [5.74, 6) is 0.786. The van der Waals surface area contributed by atoms with Crippen LogP contribution in [0.2, 0.25) is 5.02 Å². The molecule has 3 rings (SSSR count). The molecule has 0 aliphatic heterocycles. The molecule has 0 aliphatic rings. The zero-order valence-electron chi connectivity index (χ0n) is 13.3. The molecule has 23 heavy (non-hydrogen) atoms. The predicted molar refractivity (Wildman–Crippen MR) is 95.1 cm³/mol. The first-order valence-corrected chi connectivity index (χ1v) is 7.97. The Morgan fingerprint density at radius 1 is 1.13 bits per heavy atom. The molecule has 2 aromatic carbocycles. The molecule has 0 radical (unpaired) electrons. The number of benzene rings is 2. The van der Waals surface area contributed by atoms with Crippen molar-refractivity contribution in [2.75, 3.05) is 13.2 Å². The van der Waals surface area contributed by atoms with Crippen molar-refractivity contribution in [3.8, 4) is 16.9 Å². The number of aliphatic hydroxyl groups is 1. The van der Waals surface area contributed by atoms with E-state index >= 15 is 0 Å². The van der Waals surface area contributed by atoms with E-state index in [1.54, 1.807) is 0 Å². The summed E-state index contributed by atoms with van der Waals surface area (Å²) in [5.41, 5.74) is 2.83. The lowest BCUT2D eigenvalue weighted by Gasteiger charge is -2.21. The largest absolute Gasteiger partial charge is 0.493 e. The van der Waals surface area contributed by atoms with E-state index in [1.165, 1.54) is 0 Å². The average molecular weight is 330 g/mol. The second kappa shape index (κ2) is 6.26. The predicted octanol–water partition coefficient (Wildman–Crippen LogP) is 4.89. The molecule has 0 fully saturated rings. The molecule has 0 amide bonds. The third kappa shape index (κ3) is 3.52. The van der Waals surface area contributed by atoms with Crippen molar-refractivity contribution in [2.45, 2.75) is 13.8 Å². The van der Waals surface area contributed by atoms with Crippen LogP contribution in [0.3, 0.4) is 0 Å². The van der Waals surface area contributed by atoms with Crippen LogP contribution in [-0.4, -0.2) is 23.3 Å². The molecule has 120 valence electrons. The Morgan fingerprint density at radius 2 is 1.87 bits per heavy atom. The van der Waals surface area contributed by atoms with Gasteiger partial charge in [0.1, 0.15) is 5.75 Å². The number of aliphatic hydroxyl groups excluding tert-OH is 1. The summed E-state index contributed by atoms with van der Waals surface area (Å²) in [5, 5.41) is 11.1. The number of rotatable bonds is 5. The highest BCUT2D eigenvalue weighted by atomic mass is 35.5. The Bertz CT molecular complexity index is 806. The number of halogens is 1. The van der Waals surface area contributed by atoms with Crippen LogP contribution in [0.1, 0.15) is 13.8 Å². The minimum absolute atomic E-state index is 0.0946. The Morgan fingerprint density at radius 3 is 2.57 bits per heavy atom. The van der Waals surface area contributed by atoms with Gasteiger partial charge in [0.15, 0.2) is 0 Å². The van der Waals surface area contributed by atoms with Gasteiger partial charge in [-0.1, -0.05) is 37.6 Å². The van der Waals surface area contributed by atoms with E-state index in [2.05, 4.69) is 11.1 Å². The maximum atomic E-state index is 9.27. The quantitative estimate of drug-likeness (QED) is 0.700. The zero-order valence-corrected chi connectivity index (χ0v) is 14.0. The van der Waals surface area contributed by atoms with Crippen LogP contribution in [0.25, 0.3) is 22.0 Å². The van der Waals surface area contributed by atoms with E-state index in [0.29, 0.717) is 6.61 Å². The van der Waals surface area contributed by atoms with Crippen molar-refractivity contribution >= 4 is 22.5 Å². The van der Waals surface area contributed by atoms with E-state index < -0.39 is 0 Å². The number of hydrogen-bond acceptors (Lipinski definition) is 2. The van der Waals surface area contributed by atoms with Crippen LogP contribution in [0, 0.1) is 5.41 Å². The maximum Gasteiger partial charge on any atom is 0.119 e. The fourth-order valence-electron chi connectivity index (χ4n) is 2.35. The van der Waals surface area contributed by atoms with Crippen molar-refractivity contribution in [3.05, 3.63) is 53.7 Å². The molecule has 0 saturated carbocycles. The molecule has 4 heteroatoms. The molecule has 0 unspecified atom stereocenters. The Kier molecular flexibility index (Phi) is 4.33. The van der Waals surface area contributed by atoms with Crippen molar-refractivity contribution in [2.24, 2.45) is 5.41 Å². The normalized spacial score (nSPS) is 11.8. The number of aromatic nitrogens is 1. The first-order chi connectivity index (χ1) is 11.0. The molecule has 0 atom stereocenters. The summed E-state index contributed by atoms with van der Waals surface area (Å²) in [7, 11) is 0. The smallest absolute Gasteiger partial charge is 0.119 e. The van der Waals surface area contributed by atoms with Gasteiger partial charge in [0.2, 0.25) is 0 Å². The lowest BCUT2D eigenvalue weighted by molar-refractivity contribution is 0.0976. The van der Waals surface area contributed by atoms with Crippen LogP contribution in [0.4, 0.5) is 0 Å². The SMILES string of the molecule is CC(C)(CO)COc1ccc(-c2cc3cc[nH]c3cc2Cl)cc1. The Hall–Kier alpha value is -1.97. The molecule has 0 aliphatic carbocycles. The number of nitrogens with one attached hydrogen (secondary N) is 1. The Labute approximate surface area is 140 Å². The van der Waals surface area contributed by atoms with Gasteiger partial charge in [-0.15, -0.1) is 0 Å². The van der Waals surface area contributed by atoms with Gasteiger partial charge in [-0.05, 0) is 35.9 Å². The number of aromatic amines is 1. The molecule has 0 bridgehead atoms. The second-order valence-electron chi connectivity index (χ2n) is 6.53. The highest BCUT2D eigenvalue weighted by Crippen LogP contribution is 2.33. The van der Waals surface area contributed by atoms with E-state index in [-0.39, 0.29) is 12.0 Å². The molecule has 1 aromatic heterocycles. The van der Waals surface area contributed by atoms with E-state index in [1.807, 2.05) is 56.4 Å². The van der Waals surface area contributed by atoms with Gasteiger partial charge < -0.3 is 14.8 Å². The second-order valence-corrected chi connectivity index (χ2v) is 6.94. The van der Waals surface area contributed by atoms with Gasteiger partial charge in [0.05, 0.1) is 18.2 Å². The summed E-state index contributed by atoms with van der Waals surface area (Å²) in [6.07, 6.45) is 1.91. The highest BCUT2D eigenvalue weighted by molar-refractivity contribution is 6.34. The third-order valence-electron chi connectivity index (χ3n) is 3.86. The maximum absolute atomic E-state index is 9.27. The Balaban J connectivity index is 1.82. The van der Waals surface area contributed by atoms with Crippen molar-refractivity contribution in [3.63, 3.8) is 0 Å². The first-order valence-electron chi connectivity index (χ1n) is 7.59. The van der Waals surface area contributed by atoms with Crippen molar-refractivity contribution in [1.82, 2.24) is 4.98 Å². The van der Waals surface area contributed by atoms with Gasteiger partial charge in [-0.3, -0.25) is 0 Å². The summed E-state index contributed by atoms with van der Waals surface area (Å²) >= 11 is 6.40. The zero-order chi connectivity index (χ0) is 16.4. The van der Waals surface area contributed by atoms with Crippen molar-refractivity contribution < 1.29 is 9.84 Å². The highest BCUT2D eigenvalue weighted by Gasteiger charge is 2.17. The van der Waals surface area contributed by atoms with Crippen LogP contribution >= 0.6 is 11.6 Å². The van der Waals surface area contributed by atoms with Gasteiger partial charge in [0, 0.05) is 28.1 Å². The van der Waals surface area contributed by atoms with Gasteiger partial charge >= 0.3 is 0 Å². The number of ether oxygens (including phenoxy) is 1. The molecule has 2 N–H and O–H groups in total. The van der Waals surface area contributed by atoms with E-state index in [0.717, 1.165) is 32.8 Å². The molecule has 0 spiro atoms. The summed E-state index contributed by atoms with van der Waals surface area (Å²) in [6.45, 7) is 4.50. The molecular formula is C19H20ClNO2. The van der Waals surface area contributed by atoms with Crippen LogP contribution in [0.5, 0.6) is 5.75 Å². The average Bonchev–Trinajstić information content (AvgIpc) is 3.00. The molecule has 3 aromatic rings. The molecule has 1 heterocycles. The molecule has 3 nitrogen and oxygen atoms in total. The lowest BCUT2D eigenvalue weighted by Crippen LogP contribution is -2.25. The fraction of sp³-hybridized carbons (Fsp3) is 0.263. The molecule has 0 saturated heterocycles. The standard InChI is InChI=1S/C19H20ClNO2/c1-19(2,11-22)12-23-15-5-3-13(4-6-15)16-9-14-7-8-21-18(14)10-17(16)20/h3-10,21-22H,11-12H2,1-2H3. The minimum atomic E-state index is -0.249. The summed E-state index contributed by atoms with van der Waals surface area (Å²) < 4.78 is 5.74. The van der Waals surface area contributed by atoms with Gasteiger partial charge in [0.25, 0.3) is 0 Å². The topological polar surface area (TPSA) is 45.2 Å². The fourth-order valence-corrected chi connectivity index (χ4v) is 2.62. The van der Waals surface area contributed by atoms with Crippen LogP contribution in [-0.2, 0) is 0 Å². The monoisotopic (exact) mass is 329 g/mol. The summed E-state index contributed by atoms with van der Waals surface area (Å²) in [4.78, 5) is 3.16. The van der Waals surface area contributed by atoms with Gasteiger partial charge in [-0.25, -0.2) is 0 Å². The third-order valence-corrected chi connectivity index (χ3v) is 4.18. The van der Waals surface area contributed by atoms with E-state index in [4.69, 9.17) is 16.3 Å². The number of fused-ring (bicyclic) bond motifs is 1. The van der Waals surface area contributed by atoms with Crippen molar-refractivity contribution in [1.29, 1.82) is 0 Å². The molecular weight excluding hydrogens is 310 g/mol. The number of H-pyrrole nitrogens is 1. The van der Waals surface area contributed by atoms with Gasteiger partial charge in [-0.2, -0.15) is 0 Å². The van der Waals surface area contributed by atoms with Crippen LogP contribution in [0.15, 0.2) is 48.7 Å². The first kappa shape index (κ1) is 15.9. The lowest BCUT2D eigenvalue weighted by atomic mass is 9.96. The number of hydrogen-bond donors (Lipinski definition) is 2.